The van der Waals surface area contributed by atoms with Crippen LogP contribution in [0.4, 0.5) is 0 Å². The first-order valence-electron chi connectivity index (χ1n) is 6.06. The van der Waals surface area contributed by atoms with E-state index in [1.807, 2.05) is 0 Å². The maximum absolute atomic E-state index is 10.4. The van der Waals surface area contributed by atoms with Gasteiger partial charge in [-0.25, -0.2) is 0 Å². The first-order valence-corrected chi connectivity index (χ1v) is 6.06. The molecule has 0 aromatic carbocycles. The lowest BCUT2D eigenvalue weighted by Gasteiger charge is -2.38. The molecule has 0 amide bonds. The third kappa shape index (κ3) is 3.48. The van der Waals surface area contributed by atoms with Gasteiger partial charge in [0.1, 0.15) is 6.29 Å². The minimum atomic E-state index is 0.403. The van der Waals surface area contributed by atoms with Gasteiger partial charge in [0.05, 0.1) is 0 Å². The van der Waals surface area contributed by atoms with Gasteiger partial charge in [0.15, 0.2) is 0 Å². The Bertz CT molecular complexity index is 234. The van der Waals surface area contributed by atoms with Crippen LogP contribution in [0.1, 0.15) is 52.9 Å². The number of aldehydes is 1. The summed E-state index contributed by atoms with van der Waals surface area (Å²) in [6, 6.07) is 0. The van der Waals surface area contributed by atoms with E-state index >= 15 is 0 Å². The maximum atomic E-state index is 10.4. The molecule has 1 aliphatic rings. The number of allylic oxidation sites excluding steroid dienone is 1. The molecule has 0 spiro atoms. The van der Waals surface area contributed by atoms with Gasteiger partial charge in [0.2, 0.25) is 0 Å². The minimum absolute atomic E-state index is 0.403. The molecule has 0 aromatic heterocycles. The molecule has 1 rings (SSSR count). The predicted octanol–water partition coefficient (Wildman–Crippen LogP) is 3.98. The Morgan fingerprint density at radius 3 is 2.67 bits per heavy atom. The van der Waals surface area contributed by atoms with E-state index in [4.69, 9.17) is 0 Å². The Hall–Kier alpha value is -0.590. The Morgan fingerprint density at radius 1 is 1.47 bits per heavy atom. The molecule has 0 aromatic rings. The van der Waals surface area contributed by atoms with Crippen molar-refractivity contribution >= 4 is 6.29 Å². The van der Waals surface area contributed by atoms with Crippen molar-refractivity contribution in [1.29, 1.82) is 0 Å². The predicted molar refractivity (Wildman–Crippen MR) is 64.7 cm³/mol. The fourth-order valence-electron chi connectivity index (χ4n) is 2.57. The zero-order valence-corrected chi connectivity index (χ0v) is 10.4. The summed E-state index contributed by atoms with van der Waals surface area (Å²) in [7, 11) is 0. The van der Waals surface area contributed by atoms with Crippen LogP contribution in [0.2, 0.25) is 0 Å². The van der Waals surface area contributed by atoms with Crippen LogP contribution in [0.15, 0.2) is 12.2 Å². The standard InChI is InChI=1S/C14H24O/c1-11-7-8-13(14(2,3)4)10-12(11)6-5-9-15/h9,12-13H,1,5-8,10H2,2-4H3. The molecule has 0 aliphatic heterocycles. The van der Waals surface area contributed by atoms with E-state index in [1.165, 1.54) is 18.4 Å². The van der Waals surface area contributed by atoms with Crippen LogP contribution in [-0.4, -0.2) is 6.29 Å². The third-order valence-electron chi connectivity index (χ3n) is 3.82. The van der Waals surface area contributed by atoms with E-state index in [9.17, 15) is 4.79 Å². The van der Waals surface area contributed by atoms with Crippen LogP contribution >= 0.6 is 0 Å². The first kappa shape index (κ1) is 12.5. The zero-order chi connectivity index (χ0) is 11.5. The van der Waals surface area contributed by atoms with E-state index in [0.29, 0.717) is 17.8 Å². The van der Waals surface area contributed by atoms with Crippen LogP contribution in [0.25, 0.3) is 0 Å². The van der Waals surface area contributed by atoms with Crippen molar-refractivity contribution in [3.05, 3.63) is 12.2 Å². The molecule has 0 radical (unpaired) electrons. The van der Waals surface area contributed by atoms with Crippen molar-refractivity contribution in [3.63, 3.8) is 0 Å². The highest BCUT2D eigenvalue weighted by Crippen LogP contribution is 2.43. The molecule has 2 atom stereocenters. The molecule has 2 unspecified atom stereocenters. The summed E-state index contributed by atoms with van der Waals surface area (Å²) in [5.74, 6) is 1.38. The van der Waals surface area contributed by atoms with Crippen LogP contribution in [0, 0.1) is 17.3 Å². The Kier molecular flexibility index (Phi) is 4.12. The summed E-state index contributed by atoms with van der Waals surface area (Å²) < 4.78 is 0. The fourth-order valence-corrected chi connectivity index (χ4v) is 2.57. The van der Waals surface area contributed by atoms with Crippen LogP contribution < -0.4 is 0 Å². The van der Waals surface area contributed by atoms with Crippen molar-refractivity contribution in [3.8, 4) is 0 Å². The lowest BCUT2D eigenvalue weighted by Crippen LogP contribution is -2.28. The Balaban J connectivity index is 2.55. The van der Waals surface area contributed by atoms with E-state index in [0.717, 1.165) is 25.0 Å². The summed E-state index contributed by atoms with van der Waals surface area (Å²) in [6.45, 7) is 11.1. The summed E-state index contributed by atoms with van der Waals surface area (Å²) >= 11 is 0. The van der Waals surface area contributed by atoms with Crippen molar-refractivity contribution in [2.24, 2.45) is 17.3 Å². The molecular weight excluding hydrogens is 184 g/mol. The molecule has 1 heteroatoms. The normalized spacial score (nSPS) is 27.8. The molecule has 1 aliphatic carbocycles. The van der Waals surface area contributed by atoms with Gasteiger partial charge in [-0.1, -0.05) is 32.9 Å². The molecule has 0 bridgehead atoms. The molecule has 1 saturated carbocycles. The van der Waals surface area contributed by atoms with Gasteiger partial charge in [-0.2, -0.15) is 0 Å². The summed E-state index contributed by atoms with van der Waals surface area (Å²) in [5, 5.41) is 0. The molecule has 1 fully saturated rings. The quantitative estimate of drug-likeness (QED) is 0.506. The highest BCUT2D eigenvalue weighted by atomic mass is 16.1. The van der Waals surface area contributed by atoms with Gasteiger partial charge in [-0.15, -0.1) is 0 Å². The molecule has 0 N–H and O–H groups in total. The number of hydrogen-bond acceptors (Lipinski definition) is 1. The molecule has 0 saturated heterocycles. The molecule has 15 heavy (non-hydrogen) atoms. The van der Waals surface area contributed by atoms with Crippen molar-refractivity contribution in [2.45, 2.75) is 52.9 Å². The number of carbonyl (C=O) groups excluding carboxylic acids is 1. The first-order chi connectivity index (χ1) is 6.95. The van der Waals surface area contributed by atoms with Gasteiger partial charge in [-0.05, 0) is 42.9 Å². The van der Waals surface area contributed by atoms with E-state index < -0.39 is 0 Å². The zero-order valence-electron chi connectivity index (χ0n) is 10.4. The van der Waals surface area contributed by atoms with Gasteiger partial charge < -0.3 is 4.79 Å². The monoisotopic (exact) mass is 208 g/mol. The lowest BCUT2D eigenvalue weighted by atomic mass is 9.67. The van der Waals surface area contributed by atoms with Gasteiger partial charge in [0.25, 0.3) is 0 Å². The average Bonchev–Trinajstić information content (AvgIpc) is 2.15. The Morgan fingerprint density at radius 2 is 2.13 bits per heavy atom. The van der Waals surface area contributed by atoms with Crippen molar-refractivity contribution in [2.75, 3.05) is 0 Å². The van der Waals surface area contributed by atoms with Gasteiger partial charge in [-0.3, -0.25) is 0 Å². The van der Waals surface area contributed by atoms with E-state index in [-0.39, 0.29) is 0 Å². The average molecular weight is 208 g/mol. The van der Waals surface area contributed by atoms with E-state index in [2.05, 4.69) is 27.4 Å². The summed E-state index contributed by atoms with van der Waals surface area (Å²) in [4.78, 5) is 10.4. The van der Waals surface area contributed by atoms with Crippen LogP contribution in [0.3, 0.4) is 0 Å². The van der Waals surface area contributed by atoms with Crippen molar-refractivity contribution in [1.82, 2.24) is 0 Å². The molecule has 86 valence electrons. The highest BCUT2D eigenvalue weighted by molar-refractivity contribution is 5.49. The summed E-state index contributed by atoms with van der Waals surface area (Å²) in [6.07, 6.45) is 6.41. The van der Waals surface area contributed by atoms with Crippen LogP contribution in [-0.2, 0) is 4.79 Å². The largest absolute Gasteiger partial charge is 0.303 e. The molecule has 0 heterocycles. The highest BCUT2D eigenvalue weighted by Gasteiger charge is 2.31. The topological polar surface area (TPSA) is 17.1 Å². The Labute approximate surface area is 93.9 Å². The third-order valence-corrected chi connectivity index (χ3v) is 3.82. The lowest BCUT2D eigenvalue weighted by molar-refractivity contribution is -0.108. The van der Waals surface area contributed by atoms with Gasteiger partial charge in [0, 0.05) is 6.42 Å². The van der Waals surface area contributed by atoms with Gasteiger partial charge >= 0.3 is 0 Å². The van der Waals surface area contributed by atoms with Crippen LogP contribution in [0.5, 0.6) is 0 Å². The second-order valence-corrected chi connectivity index (χ2v) is 5.94. The summed E-state index contributed by atoms with van der Waals surface area (Å²) in [5.41, 5.74) is 1.78. The second-order valence-electron chi connectivity index (χ2n) is 5.94. The minimum Gasteiger partial charge on any atom is -0.303 e. The smallest absolute Gasteiger partial charge is 0.120 e. The van der Waals surface area contributed by atoms with E-state index in [1.54, 1.807) is 0 Å². The fraction of sp³-hybridized carbons (Fsp3) is 0.786. The SMILES string of the molecule is C=C1CCC(C(C)(C)C)CC1CCC=O. The number of hydrogen-bond donors (Lipinski definition) is 0. The molecule has 1 nitrogen and oxygen atoms in total. The number of rotatable bonds is 3. The van der Waals surface area contributed by atoms with Crippen molar-refractivity contribution < 1.29 is 4.79 Å². The molecular formula is C14H24O. The second kappa shape index (κ2) is 4.96. The maximum Gasteiger partial charge on any atom is 0.120 e. The number of carbonyl (C=O) groups is 1.